The van der Waals surface area contributed by atoms with E-state index in [4.69, 9.17) is 0 Å². The van der Waals surface area contributed by atoms with Gasteiger partial charge in [-0.2, -0.15) is 0 Å². The Kier molecular flexibility index (Phi) is 5.42. The van der Waals surface area contributed by atoms with Crippen LogP contribution in [-0.4, -0.2) is 21.1 Å². The van der Waals surface area contributed by atoms with Gasteiger partial charge >= 0.3 is 0 Å². The summed E-state index contributed by atoms with van der Waals surface area (Å²) in [5.74, 6) is -0.520. The second-order valence-electron chi connectivity index (χ2n) is 5.77. The number of allylic oxidation sites excluding steroid dienone is 3. The topological polar surface area (TPSA) is 77.8 Å². The lowest BCUT2D eigenvalue weighted by Crippen LogP contribution is -1.94. The summed E-state index contributed by atoms with van der Waals surface area (Å²) in [7, 11) is 0. The van der Waals surface area contributed by atoms with Gasteiger partial charge in [0.1, 0.15) is 17.2 Å². The van der Waals surface area contributed by atoms with E-state index in [1.54, 1.807) is 18.2 Å². The van der Waals surface area contributed by atoms with Crippen molar-refractivity contribution in [1.29, 1.82) is 0 Å². The number of ketones is 1. The Bertz CT molecular complexity index is 812. The maximum absolute atomic E-state index is 12.1. The molecule has 0 spiro atoms. The molecule has 0 heterocycles. The average Bonchev–Trinajstić information content (AvgIpc) is 2.52. The van der Waals surface area contributed by atoms with Gasteiger partial charge in [-0.3, -0.25) is 4.79 Å². The molecule has 0 aromatic heterocycles. The molecule has 0 radical (unpaired) electrons. The molecule has 0 aliphatic carbocycles. The Morgan fingerprint density at radius 2 is 1.75 bits per heavy atom. The number of phenols is 3. The van der Waals surface area contributed by atoms with Crippen molar-refractivity contribution in [2.24, 2.45) is 0 Å². The van der Waals surface area contributed by atoms with Crippen LogP contribution in [0.25, 0.3) is 6.08 Å². The molecule has 24 heavy (non-hydrogen) atoms. The van der Waals surface area contributed by atoms with Crippen LogP contribution >= 0.6 is 0 Å². The van der Waals surface area contributed by atoms with Crippen molar-refractivity contribution in [3.8, 4) is 17.2 Å². The van der Waals surface area contributed by atoms with Crippen LogP contribution in [0.15, 0.2) is 54.1 Å². The number of phenolic OH excluding ortho intramolecular Hbond substituents is 3. The fourth-order valence-electron chi connectivity index (χ4n) is 2.18. The maximum Gasteiger partial charge on any atom is 0.189 e. The predicted octanol–water partition coefficient (Wildman–Crippen LogP) is 4.21. The number of hydrogen-bond acceptors (Lipinski definition) is 4. The smallest absolute Gasteiger partial charge is 0.189 e. The molecule has 2 aromatic carbocycles. The minimum atomic E-state index is -0.369. The third-order valence-electron chi connectivity index (χ3n) is 3.51. The van der Waals surface area contributed by atoms with Crippen molar-refractivity contribution < 1.29 is 20.1 Å². The molecule has 0 unspecified atom stereocenters. The summed E-state index contributed by atoms with van der Waals surface area (Å²) in [6, 6.07) is 8.96. The lowest BCUT2D eigenvalue weighted by atomic mass is 10.0. The molecular weight excluding hydrogens is 304 g/mol. The van der Waals surface area contributed by atoms with E-state index >= 15 is 0 Å². The zero-order valence-corrected chi connectivity index (χ0v) is 13.7. The highest BCUT2D eigenvalue weighted by molar-refractivity contribution is 6.08. The zero-order valence-electron chi connectivity index (χ0n) is 13.7. The Hall–Kier alpha value is -3.01. The highest BCUT2D eigenvalue weighted by Gasteiger charge is 2.09. The Morgan fingerprint density at radius 1 is 1.00 bits per heavy atom. The summed E-state index contributed by atoms with van der Waals surface area (Å²) < 4.78 is 0. The molecule has 4 nitrogen and oxygen atoms in total. The van der Waals surface area contributed by atoms with Gasteiger partial charge in [-0.05, 0) is 61.7 Å². The van der Waals surface area contributed by atoms with Crippen LogP contribution < -0.4 is 0 Å². The molecule has 124 valence electrons. The lowest BCUT2D eigenvalue weighted by molar-refractivity contribution is 0.104. The first-order valence-corrected chi connectivity index (χ1v) is 7.56. The van der Waals surface area contributed by atoms with Crippen molar-refractivity contribution >= 4 is 11.9 Å². The van der Waals surface area contributed by atoms with Crippen LogP contribution in [0.4, 0.5) is 0 Å². The van der Waals surface area contributed by atoms with Gasteiger partial charge in [-0.1, -0.05) is 23.8 Å². The van der Waals surface area contributed by atoms with Gasteiger partial charge in [-0.15, -0.1) is 0 Å². The van der Waals surface area contributed by atoms with Crippen LogP contribution in [0, 0.1) is 0 Å². The summed E-state index contributed by atoms with van der Waals surface area (Å²) in [5.41, 5.74) is 2.83. The first-order valence-electron chi connectivity index (χ1n) is 7.56. The monoisotopic (exact) mass is 324 g/mol. The van der Waals surface area contributed by atoms with Gasteiger partial charge in [0.05, 0.1) is 5.56 Å². The minimum absolute atomic E-state index is 0.101. The second kappa shape index (κ2) is 7.51. The molecule has 4 heteroatoms. The van der Waals surface area contributed by atoms with Crippen LogP contribution in [0.3, 0.4) is 0 Å². The molecule has 2 aromatic rings. The van der Waals surface area contributed by atoms with Gasteiger partial charge < -0.3 is 15.3 Å². The lowest BCUT2D eigenvalue weighted by Gasteiger charge is -2.04. The molecular formula is C20H20O4. The number of hydrogen-bond donors (Lipinski definition) is 3. The third kappa shape index (κ3) is 4.49. The van der Waals surface area contributed by atoms with Crippen molar-refractivity contribution in [1.82, 2.24) is 0 Å². The normalized spacial score (nSPS) is 10.8. The first kappa shape index (κ1) is 17.3. The Balaban J connectivity index is 2.20. The number of carbonyl (C=O) groups is 1. The van der Waals surface area contributed by atoms with Crippen molar-refractivity contribution in [3.05, 3.63) is 70.8 Å². The number of carbonyl (C=O) groups excluding carboxylic acids is 1. The Labute approximate surface area is 141 Å². The highest BCUT2D eigenvalue weighted by Crippen LogP contribution is 2.24. The van der Waals surface area contributed by atoms with E-state index in [-0.39, 0.29) is 28.6 Å². The second-order valence-corrected chi connectivity index (χ2v) is 5.77. The number of benzene rings is 2. The van der Waals surface area contributed by atoms with Gasteiger partial charge in [0.25, 0.3) is 0 Å². The molecule has 0 fully saturated rings. The molecule has 0 amide bonds. The maximum atomic E-state index is 12.1. The minimum Gasteiger partial charge on any atom is -0.508 e. The third-order valence-corrected chi connectivity index (χ3v) is 3.51. The first-order chi connectivity index (χ1) is 11.4. The van der Waals surface area contributed by atoms with Gasteiger partial charge in [0, 0.05) is 6.07 Å². The summed E-state index contributed by atoms with van der Waals surface area (Å²) in [4.78, 5) is 12.1. The molecule has 0 atom stereocenters. The summed E-state index contributed by atoms with van der Waals surface area (Å²) in [6.07, 6.45) is 5.61. The van der Waals surface area contributed by atoms with Crippen molar-refractivity contribution in [2.75, 3.05) is 0 Å². The van der Waals surface area contributed by atoms with E-state index in [0.717, 1.165) is 22.8 Å². The fraction of sp³-hybridized carbons (Fsp3) is 0.150. The SMILES string of the molecule is CC(C)=CCc1cc(C=CC(=O)c2ccc(O)cc2O)ccc1O. The highest BCUT2D eigenvalue weighted by atomic mass is 16.3. The predicted molar refractivity (Wildman–Crippen MR) is 94.4 cm³/mol. The van der Waals surface area contributed by atoms with E-state index in [2.05, 4.69) is 0 Å². The van der Waals surface area contributed by atoms with Crippen LogP contribution in [-0.2, 0) is 6.42 Å². The average molecular weight is 324 g/mol. The largest absolute Gasteiger partial charge is 0.508 e. The van der Waals surface area contributed by atoms with Gasteiger partial charge in [0.15, 0.2) is 5.78 Å². The fourth-order valence-corrected chi connectivity index (χ4v) is 2.18. The summed E-state index contributed by atoms with van der Waals surface area (Å²) >= 11 is 0. The quantitative estimate of drug-likeness (QED) is 0.437. The number of rotatable bonds is 5. The van der Waals surface area contributed by atoms with Crippen LogP contribution in [0.5, 0.6) is 17.2 Å². The molecule has 0 aliphatic rings. The molecule has 2 rings (SSSR count). The van der Waals surface area contributed by atoms with E-state index in [9.17, 15) is 20.1 Å². The van der Waals surface area contributed by atoms with Crippen molar-refractivity contribution in [2.45, 2.75) is 20.3 Å². The van der Waals surface area contributed by atoms with Gasteiger partial charge in [-0.25, -0.2) is 0 Å². The number of aromatic hydroxyl groups is 3. The van der Waals surface area contributed by atoms with E-state index in [1.807, 2.05) is 26.0 Å². The molecule has 0 aliphatic heterocycles. The molecule has 0 saturated heterocycles. The molecule has 0 saturated carbocycles. The van der Waals surface area contributed by atoms with E-state index < -0.39 is 0 Å². The van der Waals surface area contributed by atoms with Gasteiger partial charge in [0.2, 0.25) is 0 Å². The van der Waals surface area contributed by atoms with E-state index in [1.165, 1.54) is 18.2 Å². The van der Waals surface area contributed by atoms with Crippen molar-refractivity contribution in [3.63, 3.8) is 0 Å². The Morgan fingerprint density at radius 3 is 2.42 bits per heavy atom. The molecule has 3 N–H and O–H groups in total. The van der Waals surface area contributed by atoms with Crippen LogP contribution in [0.2, 0.25) is 0 Å². The van der Waals surface area contributed by atoms with Crippen LogP contribution in [0.1, 0.15) is 35.3 Å². The zero-order chi connectivity index (χ0) is 17.7. The standard InChI is InChI=1S/C20H20O4/c1-13(2)3-6-15-11-14(4-9-18(15)22)5-10-19(23)17-8-7-16(21)12-20(17)24/h3-5,7-12,21-22,24H,6H2,1-2H3. The molecule has 0 bridgehead atoms. The summed E-state index contributed by atoms with van der Waals surface area (Å²) in [5, 5.41) is 28.9. The summed E-state index contributed by atoms with van der Waals surface area (Å²) in [6.45, 7) is 3.98. The van der Waals surface area contributed by atoms with E-state index in [0.29, 0.717) is 6.42 Å².